The van der Waals surface area contributed by atoms with Crippen LogP contribution in [0.15, 0.2) is 11.1 Å². The smallest absolute Gasteiger partial charge is 0.256 e. The van der Waals surface area contributed by atoms with Crippen LogP contribution in [0.2, 0.25) is 0 Å². The van der Waals surface area contributed by atoms with Gasteiger partial charge in [0, 0.05) is 37.8 Å². The Balaban J connectivity index is 1.53. The SMILES string of the molecule is CC(=O)N1CCCC(O)(CN2CCC(Cn3cnc(C)c(C)c3=O)CC2)C1. The number of aromatic nitrogens is 2. The molecule has 2 fully saturated rings. The second kappa shape index (κ2) is 8.10. The number of piperidine rings is 2. The number of amides is 1. The van der Waals surface area contributed by atoms with E-state index >= 15 is 0 Å². The number of aryl methyl sites for hydroxylation is 1. The average molecular weight is 377 g/mol. The summed E-state index contributed by atoms with van der Waals surface area (Å²) in [4.78, 5) is 32.4. The molecule has 0 bridgehead atoms. The van der Waals surface area contributed by atoms with Crippen molar-refractivity contribution >= 4 is 5.91 Å². The molecule has 2 saturated heterocycles. The number of hydrogen-bond acceptors (Lipinski definition) is 5. The van der Waals surface area contributed by atoms with Crippen LogP contribution < -0.4 is 5.56 Å². The van der Waals surface area contributed by atoms with E-state index in [0.717, 1.165) is 56.6 Å². The highest BCUT2D eigenvalue weighted by Crippen LogP contribution is 2.25. The fraction of sp³-hybridized carbons (Fsp3) is 0.750. The number of rotatable bonds is 4. The Hall–Kier alpha value is -1.73. The first-order chi connectivity index (χ1) is 12.8. The first kappa shape index (κ1) is 20.0. The molecule has 1 amide bonds. The largest absolute Gasteiger partial charge is 0.387 e. The van der Waals surface area contributed by atoms with E-state index < -0.39 is 5.60 Å². The topological polar surface area (TPSA) is 78.7 Å². The molecule has 1 N–H and O–H groups in total. The van der Waals surface area contributed by atoms with Gasteiger partial charge in [0.05, 0.1) is 18.5 Å². The number of nitrogens with zero attached hydrogens (tertiary/aromatic N) is 4. The first-order valence-corrected chi connectivity index (χ1v) is 10.0. The van der Waals surface area contributed by atoms with E-state index in [0.29, 0.717) is 25.6 Å². The molecule has 1 aromatic rings. The number of carbonyl (C=O) groups excluding carboxylic acids is 1. The number of hydrogen-bond donors (Lipinski definition) is 1. The predicted molar refractivity (Wildman–Crippen MR) is 104 cm³/mol. The average Bonchev–Trinajstić information content (AvgIpc) is 2.63. The van der Waals surface area contributed by atoms with E-state index in [1.165, 1.54) is 0 Å². The van der Waals surface area contributed by atoms with Gasteiger partial charge in [0.2, 0.25) is 5.91 Å². The molecule has 3 heterocycles. The zero-order valence-corrected chi connectivity index (χ0v) is 16.8. The van der Waals surface area contributed by atoms with Crippen LogP contribution in [-0.2, 0) is 11.3 Å². The van der Waals surface area contributed by atoms with Gasteiger partial charge >= 0.3 is 0 Å². The molecule has 0 radical (unpaired) electrons. The summed E-state index contributed by atoms with van der Waals surface area (Å²) in [5.41, 5.74) is 0.785. The van der Waals surface area contributed by atoms with Crippen molar-refractivity contribution < 1.29 is 9.90 Å². The lowest BCUT2D eigenvalue weighted by Crippen LogP contribution is -2.56. The standard InChI is InChI=1S/C20H32N4O3/c1-15-16(2)21-14-24(19(15)26)11-18-5-9-22(10-6-18)12-20(27)7-4-8-23(13-20)17(3)25/h14,18,27H,4-13H2,1-3H3. The van der Waals surface area contributed by atoms with Crippen LogP contribution in [0.25, 0.3) is 0 Å². The minimum Gasteiger partial charge on any atom is -0.387 e. The molecule has 0 aromatic carbocycles. The first-order valence-electron chi connectivity index (χ1n) is 10.0. The summed E-state index contributed by atoms with van der Waals surface area (Å²) in [7, 11) is 0. The van der Waals surface area contributed by atoms with Gasteiger partial charge in [0.15, 0.2) is 0 Å². The molecule has 1 unspecified atom stereocenters. The zero-order chi connectivity index (χ0) is 19.6. The zero-order valence-electron chi connectivity index (χ0n) is 16.8. The van der Waals surface area contributed by atoms with Gasteiger partial charge in [-0.1, -0.05) is 0 Å². The Morgan fingerprint density at radius 1 is 1.30 bits per heavy atom. The Bertz CT molecular complexity index is 739. The highest BCUT2D eigenvalue weighted by atomic mass is 16.3. The van der Waals surface area contributed by atoms with E-state index in [1.54, 1.807) is 22.7 Å². The van der Waals surface area contributed by atoms with E-state index in [2.05, 4.69) is 9.88 Å². The van der Waals surface area contributed by atoms with Gasteiger partial charge in [0.1, 0.15) is 0 Å². The van der Waals surface area contributed by atoms with Crippen molar-refractivity contribution in [1.82, 2.24) is 19.4 Å². The molecular weight excluding hydrogens is 344 g/mol. The third-order valence-corrected chi connectivity index (χ3v) is 6.20. The van der Waals surface area contributed by atoms with Crippen molar-refractivity contribution in [1.29, 1.82) is 0 Å². The Kier molecular flexibility index (Phi) is 6.01. The van der Waals surface area contributed by atoms with E-state index in [4.69, 9.17) is 0 Å². The van der Waals surface area contributed by atoms with Gasteiger partial charge in [-0.25, -0.2) is 4.98 Å². The molecule has 0 saturated carbocycles. The lowest BCUT2D eigenvalue weighted by atomic mass is 9.90. The van der Waals surface area contributed by atoms with Gasteiger partial charge in [-0.3, -0.25) is 14.2 Å². The number of carbonyl (C=O) groups is 1. The van der Waals surface area contributed by atoms with Crippen molar-refractivity contribution in [2.75, 3.05) is 32.7 Å². The number of aliphatic hydroxyl groups is 1. The van der Waals surface area contributed by atoms with Crippen molar-refractivity contribution in [2.24, 2.45) is 5.92 Å². The van der Waals surface area contributed by atoms with Gasteiger partial charge in [-0.05, 0) is 58.5 Å². The van der Waals surface area contributed by atoms with Gasteiger partial charge in [-0.2, -0.15) is 0 Å². The van der Waals surface area contributed by atoms with Crippen molar-refractivity contribution in [3.05, 3.63) is 27.9 Å². The van der Waals surface area contributed by atoms with E-state index in [1.807, 2.05) is 13.8 Å². The maximum absolute atomic E-state index is 12.4. The summed E-state index contributed by atoms with van der Waals surface area (Å²) >= 11 is 0. The summed E-state index contributed by atoms with van der Waals surface area (Å²) in [6, 6.07) is 0. The summed E-state index contributed by atoms with van der Waals surface area (Å²) in [5, 5.41) is 10.9. The van der Waals surface area contributed by atoms with Crippen LogP contribution in [0.5, 0.6) is 0 Å². The molecule has 1 atom stereocenters. The Morgan fingerprint density at radius 2 is 2.00 bits per heavy atom. The molecule has 27 heavy (non-hydrogen) atoms. The highest BCUT2D eigenvalue weighted by molar-refractivity contribution is 5.73. The molecule has 1 aromatic heterocycles. The summed E-state index contributed by atoms with van der Waals surface area (Å²) in [6.45, 7) is 9.62. The third-order valence-electron chi connectivity index (χ3n) is 6.20. The molecule has 2 aliphatic rings. The molecule has 150 valence electrons. The molecule has 3 rings (SSSR count). The second-order valence-electron chi connectivity index (χ2n) is 8.40. The summed E-state index contributed by atoms with van der Waals surface area (Å²) in [6.07, 6.45) is 5.28. The quantitative estimate of drug-likeness (QED) is 0.846. The minimum absolute atomic E-state index is 0.0410. The maximum Gasteiger partial charge on any atom is 0.256 e. The molecular formula is C20H32N4O3. The van der Waals surface area contributed by atoms with Crippen LogP contribution in [0.4, 0.5) is 0 Å². The van der Waals surface area contributed by atoms with Crippen LogP contribution in [0.1, 0.15) is 43.9 Å². The second-order valence-corrected chi connectivity index (χ2v) is 8.40. The lowest BCUT2D eigenvalue weighted by molar-refractivity contribution is -0.137. The lowest BCUT2D eigenvalue weighted by Gasteiger charge is -2.43. The molecule has 2 aliphatic heterocycles. The van der Waals surface area contributed by atoms with Gasteiger partial charge < -0.3 is 14.9 Å². The van der Waals surface area contributed by atoms with Gasteiger partial charge in [0.25, 0.3) is 5.56 Å². The van der Waals surface area contributed by atoms with Crippen LogP contribution in [0, 0.1) is 19.8 Å². The molecule has 0 aliphatic carbocycles. The molecule has 7 heteroatoms. The van der Waals surface area contributed by atoms with Crippen LogP contribution in [-0.4, -0.2) is 68.7 Å². The van der Waals surface area contributed by atoms with Crippen LogP contribution in [0.3, 0.4) is 0 Å². The Labute approximate surface area is 161 Å². The van der Waals surface area contributed by atoms with E-state index in [-0.39, 0.29) is 11.5 Å². The summed E-state index contributed by atoms with van der Waals surface area (Å²) < 4.78 is 1.74. The number of likely N-dealkylation sites (tertiary alicyclic amines) is 2. The predicted octanol–water partition coefficient (Wildman–Crippen LogP) is 0.946. The fourth-order valence-corrected chi connectivity index (χ4v) is 4.34. The summed E-state index contributed by atoms with van der Waals surface area (Å²) in [5.74, 6) is 0.497. The van der Waals surface area contributed by atoms with Crippen LogP contribution >= 0.6 is 0 Å². The molecule has 7 nitrogen and oxygen atoms in total. The Morgan fingerprint density at radius 3 is 2.67 bits per heavy atom. The van der Waals surface area contributed by atoms with Gasteiger partial charge in [-0.15, -0.1) is 0 Å². The fourth-order valence-electron chi connectivity index (χ4n) is 4.34. The highest BCUT2D eigenvalue weighted by Gasteiger charge is 2.36. The van der Waals surface area contributed by atoms with Crippen molar-refractivity contribution in [3.8, 4) is 0 Å². The number of β-amino-alcohol motifs (C(OH)–C–C–N with tert-alkyl or cyclic N) is 1. The third kappa shape index (κ3) is 4.76. The van der Waals surface area contributed by atoms with Crippen molar-refractivity contribution in [2.45, 2.75) is 58.6 Å². The molecule has 0 spiro atoms. The van der Waals surface area contributed by atoms with Crippen molar-refractivity contribution in [3.63, 3.8) is 0 Å². The van der Waals surface area contributed by atoms with E-state index in [9.17, 15) is 14.7 Å². The maximum atomic E-state index is 12.4. The normalized spacial score (nSPS) is 25.0. The minimum atomic E-state index is -0.800. The monoisotopic (exact) mass is 376 g/mol.